The molecule has 1 N–H and O–H groups in total. The van der Waals surface area contributed by atoms with Crippen molar-refractivity contribution < 1.29 is 14.7 Å². The number of amides is 1. The molecule has 1 amide bonds. The predicted octanol–water partition coefficient (Wildman–Crippen LogP) is 0.563. The molecule has 0 aromatic carbocycles. The molecule has 0 spiro atoms. The number of carbonyl (C=O) groups is 2. The van der Waals surface area contributed by atoms with Gasteiger partial charge < -0.3 is 10.0 Å². The summed E-state index contributed by atoms with van der Waals surface area (Å²) in [7, 11) is 0. The molecule has 17 heavy (non-hydrogen) atoms. The lowest BCUT2D eigenvalue weighted by Crippen LogP contribution is -2.50. The van der Waals surface area contributed by atoms with Gasteiger partial charge in [0.25, 0.3) is 0 Å². The molecular weight excluding hydrogens is 222 g/mol. The van der Waals surface area contributed by atoms with E-state index in [-0.39, 0.29) is 12.2 Å². The van der Waals surface area contributed by atoms with Crippen LogP contribution in [0, 0.1) is 6.92 Å². The Morgan fingerprint density at radius 1 is 1.53 bits per heavy atom. The first-order valence-electron chi connectivity index (χ1n) is 5.22. The van der Waals surface area contributed by atoms with Crippen molar-refractivity contribution in [3.8, 4) is 0 Å². The molecule has 92 valence electrons. The highest BCUT2D eigenvalue weighted by atomic mass is 16.4. The van der Waals surface area contributed by atoms with E-state index in [0.717, 1.165) is 0 Å². The molecule has 1 unspecified atom stereocenters. The minimum Gasteiger partial charge on any atom is -0.479 e. The Hall–Kier alpha value is -1.98. The van der Waals surface area contributed by atoms with Crippen molar-refractivity contribution in [3.05, 3.63) is 23.8 Å². The molecule has 6 nitrogen and oxygen atoms in total. The first kappa shape index (κ1) is 13.1. The number of aliphatic carboxylic acids is 1. The van der Waals surface area contributed by atoms with Crippen molar-refractivity contribution in [2.75, 3.05) is 6.54 Å². The summed E-state index contributed by atoms with van der Waals surface area (Å²) in [5, 5.41) is 9.37. The lowest BCUT2D eigenvalue weighted by Gasteiger charge is -2.34. The van der Waals surface area contributed by atoms with Crippen LogP contribution in [0.5, 0.6) is 0 Å². The van der Waals surface area contributed by atoms with Crippen LogP contribution in [0.15, 0.2) is 12.4 Å². The van der Waals surface area contributed by atoms with Crippen LogP contribution in [0.4, 0.5) is 0 Å². The molecule has 1 aromatic heterocycles. The summed E-state index contributed by atoms with van der Waals surface area (Å²) in [4.78, 5) is 31.7. The van der Waals surface area contributed by atoms with Gasteiger partial charge in [0, 0.05) is 18.9 Å². The highest BCUT2D eigenvalue weighted by Crippen LogP contribution is 2.27. The van der Waals surface area contributed by atoms with Gasteiger partial charge in [0.15, 0.2) is 5.54 Å². The van der Waals surface area contributed by atoms with E-state index in [1.54, 1.807) is 13.8 Å². The summed E-state index contributed by atoms with van der Waals surface area (Å²) in [5.74, 6) is -1.13. The number of aromatic nitrogens is 2. The van der Waals surface area contributed by atoms with E-state index < -0.39 is 11.5 Å². The monoisotopic (exact) mass is 237 g/mol. The Balaban J connectivity index is 3.40. The smallest absolute Gasteiger partial charge is 0.335 e. The third-order valence-electron chi connectivity index (χ3n) is 2.80. The van der Waals surface area contributed by atoms with Crippen LogP contribution < -0.4 is 0 Å². The highest BCUT2D eigenvalue weighted by Gasteiger charge is 2.43. The molecule has 0 saturated carbocycles. The number of rotatable bonds is 5. The summed E-state index contributed by atoms with van der Waals surface area (Å²) in [6.45, 7) is 5.11. The molecule has 1 atom stereocenters. The summed E-state index contributed by atoms with van der Waals surface area (Å²) in [5.41, 5.74) is -0.714. The van der Waals surface area contributed by atoms with Crippen LogP contribution >= 0.6 is 0 Å². The Bertz CT molecular complexity index is 436. The molecule has 0 aliphatic rings. The van der Waals surface area contributed by atoms with Gasteiger partial charge in [-0.25, -0.2) is 4.79 Å². The van der Waals surface area contributed by atoms with E-state index in [2.05, 4.69) is 9.97 Å². The Morgan fingerprint density at radius 3 is 2.53 bits per heavy atom. The largest absolute Gasteiger partial charge is 0.479 e. The van der Waals surface area contributed by atoms with Gasteiger partial charge in [0.1, 0.15) is 0 Å². The molecule has 1 rings (SSSR count). The summed E-state index contributed by atoms with van der Waals surface area (Å²) in [6, 6.07) is 0. The Labute approximate surface area is 99.3 Å². The van der Waals surface area contributed by atoms with E-state index in [1.165, 1.54) is 24.2 Å². The average Bonchev–Trinajstić information content (AvgIpc) is 2.30. The van der Waals surface area contributed by atoms with Crippen molar-refractivity contribution in [2.45, 2.75) is 26.3 Å². The van der Waals surface area contributed by atoms with E-state index in [4.69, 9.17) is 0 Å². The Morgan fingerprint density at radius 2 is 2.12 bits per heavy atom. The Kier molecular flexibility index (Phi) is 3.77. The fourth-order valence-corrected chi connectivity index (χ4v) is 1.74. The maximum Gasteiger partial charge on any atom is 0.335 e. The minimum atomic E-state index is -1.49. The van der Waals surface area contributed by atoms with Crippen LogP contribution in [-0.4, -0.2) is 38.9 Å². The number of hydrogen-bond acceptors (Lipinski definition) is 4. The summed E-state index contributed by atoms with van der Waals surface area (Å²) < 4.78 is 0. The van der Waals surface area contributed by atoms with Crippen molar-refractivity contribution in [1.29, 1.82) is 0 Å². The van der Waals surface area contributed by atoms with Crippen molar-refractivity contribution in [3.63, 3.8) is 0 Å². The quantitative estimate of drug-likeness (QED) is 0.756. The van der Waals surface area contributed by atoms with Gasteiger partial charge in [0.05, 0.1) is 11.4 Å². The lowest BCUT2D eigenvalue weighted by molar-refractivity contribution is -0.155. The molecule has 0 bridgehead atoms. The topological polar surface area (TPSA) is 83.4 Å². The zero-order valence-electron chi connectivity index (χ0n) is 10.0. The summed E-state index contributed by atoms with van der Waals surface area (Å²) in [6.07, 6.45) is 3.42. The van der Waals surface area contributed by atoms with Crippen LogP contribution in [0.2, 0.25) is 0 Å². The first-order chi connectivity index (χ1) is 7.98. The van der Waals surface area contributed by atoms with Gasteiger partial charge in [0.2, 0.25) is 6.41 Å². The number of nitrogens with zero attached hydrogens (tertiary/aromatic N) is 3. The zero-order valence-corrected chi connectivity index (χ0v) is 10.0. The average molecular weight is 237 g/mol. The second kappa shape index (κ2) is 4.90. The van der Waals surface area contributed by atoms with Gasteiger partial charge in [-0.3, -0.25) is 14.8 Å². The van der Waals surface area contributed by atoms with Crippen molar-refractivity contribution >= 4 is 12.4 Å². The molecule has 1 aromatic rings. The number of carboxylic acid groups (broad SMARTS) is 1. The van der Waals surface area contributed by atoms with Crippen LogP contribution in [-0.2, 0) is 15.1 Å². The van der Waals surface area contributed by atoms with E-state index in [9.17, 15) is 14.7 Å². The fourth-order valence-electron chi connectivity index (χ4n) is 1.74. The molecule has 0 saturated heterocycles. The van der Waals surface area contributed by atoms with Gasteiger partial charge in [-0.1, -0.05) is 0 Å². The highest BCUT2D eigenvalue weighted by molar-refractivity contribution is 5.82. The van der Waals surface area contributed by atoms with Gasteiger partial charge in [-0.05, 0) is 20.8 Å². The molecule has 0 aliphatic carbocycles. The second-order valence-electron chi connectivity index (χ2n) is 3.76. The van der Waals surface area contributed by atoms with Crippen molar-refractivity contribution in [1.82, 2.24) is 14.9 Å². The number of aryl methyl sites for hydroxylation is 1. The molecule has 0 radical (unpaired) electrons. The normalized spacial score (nSPS) is 13.8. The number of likely N-dealkylation sites (N-methyl/N-ethyl adjacent to an activating group) is 1. The maximum atomic E-state index is 11.5. The predicted molar refractivity (Wildman–Crippen MR) is 60.2 cm³/mol. The second-order valence-corrected chi connectivity index (χ2v) is 3.76. The number of hydrogen-bond donors (Lipinski definition) is 1. The molecule has 0 fully saturated rings. The maximum absolute atomic E-state index is 11.5. The first-order valence-corrected chi connectivity index (χ1v) is 5.22. The van der Waals surface area contributed by atoms with E-state index >= 15 is 0 Å². The van der Waals surface area contributed by atoms with Crippen LogP contribution in [0.1, 0.15) is 25.2 Å². The van der Waals surface area contributed by atoms with Crippen LogP contribution in [0.25, 0.3) is 0 Å². The third-order valence-corrected chi connectivity index (χ3v) is 2.80. The zero-order chi connectivity index (χ0) is 13.1. The third kappa shape index (κ3) is 2.11. The van der Waals surface area contributed by atoms with Crippen LogP contribution in [0.3, 0.4) is 0 Å². The lowest BCUT2D eigenvalue weighted by atomic mass is 9.94. The van der Waals surface area contributed by atoms with E-state index in [0.29, 0.717) is 12.1 Å². The van der Waals surface area contributed by atoms with Crippen molar-refractivity contribution in [2.24, 2.45) is 0 Å². The molecule has 0 aliphatic heterocycles. The fraction of sp³-hybridized carbons (Fsp3) is 0.455. The summed E-state index contributed by atoms with van der Waals surface area (Å²) >= 11 is 0. The molecular formula is C11H15N3O3. The SMILES string of the molecule is CCN(C=O)C(C)(C(=O)O)c1nccnc1C. The van der Waals surface area contributed by atoms with Gasteiger partial charge >= 0.3 is 5.97 Å². The van der Waals surface area contributed by atoms with E-state index in [1.807, 2.05) is 0 Å². The molecule has 6 heteroatoms. The minimum absolute atomic E-state index is 0.279. The standard InChI is InChI=1S/C11H15N3O3/c1-4-14(7-15)11(3,10(16)17)9-8(2)12-5-6-13-9/h5-7H,4H2,1-3H3,(H,16,17). The van der Waals surface area contributed by atoms with Gasteiger partial charge in [-0.2, -0.15) is 0 Å². The number of carbonyl (C=O) groups excluding carboxylic acids is 1. The molecule has 1 heterocycles. The van der Waals surface area contributed by atoms with Gasteiger partial charge in [-0.15, -0.1) is 0 Å². The number of carboxylic acids is 1.